The summed E-state index contributed by atoms with van der Waals surface area (Å²) in [4.78, 5) is 22.3. The van der Waals surface area contributed by atoms with Crippen LogP contribution in [0.2, 0.25) is 0 Å². The summed E-state index contributed by atoms with van der Waals surface area (Å²) in [6.45, 7) is 3.10. The summed E-state index contributed by atoms with van der Waals surface area (Å²) in [6.07, 6.45) is 0. The normalized spacial score (nSPS) is 14.6. The SMILES string of the molecule is CN1CCN(c2nc3c(F)cccc3c(=O)n2-c2ccc(Oc3ccccc3)cc2)CC1. The maximum Gasteiger partial charge on any atom is 0.267 e. The Morgan fingerprint density at radius 3 is 2.25 bits per heavy atom. The van der Waals surface area contributed by atoms with Gasteiger partial charge in [-0.1, -0.05) is 24.3 Å². The molecule has 0 unspecified atom stereocenters. The average Bonchev–Trinajstić information content (AvgIpc) is 2.82. The summed E-state index contributed by atoms with van der Waals surface area (Å²) < 4.78 is 22.0. The van der Waals surface area contributed by atoms with Crippen LogP contribution < -0.4 is 15.2 Å². The molecule has 0 saturated carbocycles. The highest BCUT2D eigenvalue weighted by Crippen LogP contribution is 2.25. The Morgan fingerprint density at radius 2 is 1.53 bits per heavy atom. The zero-order valence-corrected chi connectivity index (χ0v) is 17.7. The second kappa shape index (κ2) is 8.43. The van der Waals surface area contributed by atoms with Gasteiger partial charge in [-0.05, 0) is 55.6 Å². The van der Waals surface area contributed by atoms with Crippen molar-refractivity contribution in [3.05, 3.63) is 89.0 Å². The van der Waals surface area contributed by atoms with Crippen LogP contribution in [0.15, 0.2) is 77.6 Å². The lowest BCUT2D eigenvalue weighted by molar-refractivity contribution is 0.310. The number of piperazine rings is 1. The molecule has 0 spiro atoms. The summed E-state index contributed by atoms with van der Waals surface area (Å²) in [5.41, 5.74) is 0.467. The number of fused-ring (bicyclic) bond motifs is 1. The molecule has 2 heterocycles. The van der Waals surface area contributed by atoms with Crippen molar-refractivity contribution in [1.29, 1.82) is 0 Å². The zero-order chi connectivity index (χ0) is 22.1. The van der Waals surface area contributed by atoms with E-state index in [0.29, 0.717) is 30.5 Å². The van der Waals surface area contributed by atoms with Crippen molar-refractivity contribution < 1.29 is 9.13 Å². The predicted molar refractivity (Wildman–Crippen MR) is 124 cm³/mol. The van der Waals surface area contributed by atoms with Crippen LogP contribution >= 0.6 is 0 Å². The van der Waals surface area contributed by atoms with Crippen molar-refractivity contribution in [2.45, 2.75) is 0 Å². The molecule has 0 aliphatic carbocycles. The minimum absolute atomic E-state index is 0.103. The highest BCUT2D eigenvalue weighted by molar-refractivity contribution is 5.80. The number of hydrogen-bond acceptors (Lipinski definition) is 5. The number of rotatable bonds is 4. The van der Waals surface area contributed by atoms with Gasteiger partial charge in [-0.25, -0.2) is 13.9 Å². The average molecular weight is 430 g/mol. The van der Waals surface area contributed by atoms with E-state index in [2.05, 4.69) is 16.9 Å². The Hall–Kier alpha value is -3.71. The molecule has 0 radical (unpaired) electrons. The summed E-state index contributed by atoms with van der Waals surface area (Å²) in [5.74, 6) is 1.36. The molecule has 0 amide bonds. The first kappa shape index (κ1) is 20.2. The molecule has 0 bridgehead atoms. The van der Waals surface area contributed by atoms with E-state index in [1.807, 2.05) is 59.5 Å². The molecule has 5 rings (SSSR count). The van der Waals surface area contributed by atoms with Crippen LogP contribution in [0.5, 0.6) is 11.5 Å². The number of hydrogen-bond donors (Lipinski definition) is 0. The van der Waals surface area contributed by atoms with Crippen molar-refractivity contribution in [2.24, 2.45) is 0 Å². The quantitative estimate of drug-likeness (QED) is 0.489. The van der Waals surface area contributed by atoms with Gasteiger partial charge in [-0.15, -0.1) is 0 Å². The monoisotopic (exact) mass is 430 g/mol. The first-order valence-corrected chi connectivity index (χ1v) is 10.6. The molecule has 162 valence electrons. The van der Waals surface area contributed by atoms with Gasteiger partial charge in [0, 0.05) is 26.2 Å². The molecule has 1 fully saturated rings. The van der Waals surface area contributed by atoms with Crippen LogP contribution in [-0.4, -0.2) is 47.7 Å². The summed E-state index contributed by atoms with van der Waals surface area (Å²) >= 11 is 0. The van der Waals surface area contributed by atoms with Crippen molar-refractivity contribution in [2.75, 3.05) is 38.1 Å². The fourth-order valence-corrected chi connectivity index (χ4v) is 3.90. The van der Waals surface area contributed by atoms with Gasteiger partial charge in [0.15, 0.2) is 0 Å². The zero-order valence-electron chi connectivity index (χ0n) is 17.7. The lowest BCUT2D eigenvalue weighted by Crippen LogP contribution is -2.46. The smallest absolute Gasteiger partial charge is 0.267 e. The van der Waals surface area contributed by atoms with Gasteiger partial charge < -0.3 is 14.5 Å². The molecule has 0 N–H and O–H groups in total. The second-order valence-electron chi connectivity index (χ2n) is 7.89. The highest BCUT2D eigenvalue weighted by Gasteiger charge is 2.22. The van der Waals surface area contributed by atoms with Gasteiger partial charge in [0.1, 0.15) is 22.8 Å². The molecular formula is C25H23FN4O2. The van der Waals surface area contributed by atoms with Crippen LogP contribution in [0, 0.1) is 5.82 Å². The molecule has 1 saturated heterocycles. The molecular weight excluding hydrogens is 407 g/mol. The third-order valence-corrected chi connectivity index (χ3v) is 5.69. The molecule has 1 aliphatic rings. The lowest BCUT2D eigenvalue weighted by atomic mass is 10.2. The number of anilines is 1. The van der Waals surface area contributed by atoms with Crippen LogP contribution in [-0.2, 0) is 0 Å². The lowest BCUT2D eigenvalue weighted by Gasteiger charge is -2.34. The van der Waals surface area contributed by atoms with Crippen molar-refractivity contribution in [1.82, 2.24) is 14.5 Å². The van der Waals surface area contributed by atoms with E-state index in [1.165, 1.54) is 12.1 Å². The largest absolute Gasteiger partial charge is 0.457 e. The Bertz CT molecular complexity index is 1300. The summed E-state index contributed by atoms with van der Waals surface area (Å²) in [6, 6.07) is 21.3. The van der Waals surface area contributed by atoms with Gasteiger partial charge in [0.25, 0.3) is 5.56 Å². The number of halogens is 1. The minimum atomic E-state index is -0.492. The third kappa shape index (κ3) is 3.83. The number of nitrogens with zero attached hydrogens (tertiary/aromatic N) is 4. The molecule has 1 aliphatic heterocycles. The Kier molecular flexibility index (Phi) is 5.33. The number of ether oxygens (including phenoxy) is 1. The van der Waals surface area contributed by atoms with E-state index in [9.17, 15) is 9.18 Å². The Morgan fingerprint density at radius 1 is 0.844 bits per heavy atom. The fraction of sp³-hybridized carbons (Fsp3) is 0.200. The number of likely N-dealkylation sites (N-methyl/N-ethyl adjacent to an activating group) is 1. The van der Waals surface area contributed by atoms with Crippen molar-refractivity contribution >= 4 is 16.9 Å². The highest BCUT2D eigenvalue weighted by atomic mass is 19.1. The van der Waals surface area contributed by atoms with E-state index in [4.69, 9.17) is 4.74 Å². The molecule has 32 heavy (non-hydrogen) atoms. The van der Waals surface area contributed by atoms with Gasteiger partial charge >= 0.3 is 0 Å². The van der Waals surface area contributed by atoms with Gasteiger partial charge in [0.05, 0.1) is 11.1 Å². The van der Waals surface area contributed by atoms with Crippen LogP contribution in [0.3, 0.4) is 0 Å². The van der Waals surface area contributed by atoms with E-state index < -0.39 is 5.82 Å². The Labute approximate surface area is 185 Å². The van der Waals surface area contributed by atoms with Crippen LogP contribution in [0.25, 0.3) is 16.6 Å². The van der Waals surface area contributed by atoms with E-state index >= 15 is 0 Å². The third-order valence-electron chi connectivity index (χ3n) is 5.69. The second-order valence-corrected chi connectivity index (χ2v) is 7.89. The van der Waals surface area contributed by atoms with E-state index in [0.717, 1.165) is 18.8 Å². The molecule has 6 nitrogen and oxygen atoms in total. The Balaban J connectivity index is 1.60. The number of benzene rings is 3. The summed E-state index contributed by atoms with van der Waals surface area (Å²) in [7, 11) is 2.06. The molecule has 0 atom stereocenters. The minimum Gasteiger partial charge on any atom is -0.457 e. The van der Waals surface area contributed by atoms with Gasteiger partial charge in [-0.2, -0.15) is 0 Å². The first-order valence-electron chi connectivity index (χ1n) is 10.6. The van der Waals surface area contributed by atoms with Gasteiger partial charge in [0.2, 0.25) is 5.95 Å². The molecule has 1 aromatic heterocycles. The standard InChI is InChI=1S/C25H23FN4O2/c1-28-14-16-29(17-15-28)25-27-23-21(8-5-9-22(23)26)24(31)30(25)18-10-12-20(13-11-18)32-19-6-3-2-4-7-19/h2-13H,14-17H2,1H3. The van der Waals surface area contributed by atoms with Crippen LogP contribution in [0.1, 0.15) is 0 Å². The van der Waals surface area contributed by atoms with Crippen LogP contribution in [0.4, 0.5) is 10.3 Å². The molecule has 3 aromatic carbocycles. The topological polar surface area (TPSA) is 50.6 Å². The molecule has 4 aromatic rings. The van der Waals surface area contributed by atoms with E-state index in [-0.39, 0.29) is 16.5 Å². The van der Waals surface area contributed by atoms with Crippen molar-refractivity contribution in [3.63, 3.8) is 0 Å². The number of para-hydroxylation sites is 2. The fourth-order valence-electron chi connectivity index (χ4n) is 3.90. The van der Waals surface area contributed by atoms with E-state index in [1.54, 1.807) is 10.6 Å². The van der Waals surface area contributed by atoms with Crippen molar-refractivity contribution in [3.8, 4) is 17.2 Å². The predicted octanol–water partition coefficient (Wildman–Crippen LogP) is 4.07. The molecule has 7 heteroatoms. The summed E-state index contributed by atoms with van der Waals surface area (Å²) in [5, 5.41) is 0.257. The maximum atomic E-state index is 14.5. The number of aromatic nitrogens is 2. The maximum absolute atomic E-state index is 14.5. The van der Waals surface area contributed by atoms with Gasteiger partial charge in [-0.3, -0.25) is 4.79 Å². The first-order chi connectivity index (χ1) is 15.6.